The van der Waals surface area contributed by atoms with Crippen molar-refractivity contribution in [1.29, 1.82) is 0 Å². The standard InChI is InChI=1S/C16H20F4N2O3S/c1-3-22(26(2,24)25)12-6-8-21(9-7-12)15(23)11-4-5-14(17)13(10-11)16(18,19)20/h4-5,10,12H,3,6-9H2,1-2H3. The minimum absolute atomic E-state index is 0.217. The van der Waals surface area contributed by atoms with Crippen LogP contribution in [0, 0.1) is 5.82 Å². The second kappa shape index (κ2) is 7.51. The fraction of sp³-hybridized carbons (Fsp3) is 0.562. The monoisotopic (exact) mass is 396 g/mol. The van der Waals surface area contributed by atoms with Crippen LogP contribution in [0.2, 0.25) is 0 Å². The molecule has 0 unspecified atom stereocenters. The van der Waals surface area contributed by atoms with Crippen LogP contribution in [0.3, 0.4) is 0 Å². The number of rotatable bonds is 4. The Morgan fingerprint density at radius 2 is 1.85 bits per heavy atom. The largest absolute Gasteiger partial charge is 0.419 e. The molecule has 5 nitrogen and oxygen atoms in total. The minimum atomic E-state index is -4.88. The highest BCUT2D eigenvalue weighted by atomic mass is 32.2. The van der Waals surface area contributed by atoms with Gasteiger partial charge < -0.3 is 4.90 Å². The topological polar surface area (TPSA) is 57.7 Å². The molecule has 0 saturated carbocycles. The van der Waals surface area contributed by atoms with Crippen molar-refractivity contribution in [2.24, 2.45) is 0 Å². The van der Waals surface area contributed by atoms with Gasteiger partial charge >= 0.3 is 6.18 Å². The van der Waals surface area contributed by atoms with Gasteiger partial charge in [-0.15, -0.1) is 0 Å². The molecule has 0 N–H and O–H groups in total. The van der Waals surface area contributed by atoms with Gasteiger partial charge in [0.15, 0.2) is 0 Å². The predicted octanol–water partition coefficient (Wildman–Crippen LogP) is 2.73. The predicted molar refractivity (Wildman–Crippen MR) is 87.6 cm³/mol. The number of hydrogen-bond acceptors (Lipinski definition) is 3. The SMILES string of the molecule is CCN(C1CCN(C(=O)c2ccc(F)c(C(F)(F)F)c2)CC1)S(C)(=O)=O. The van der Waals surface area contributed by atoms with Gasteiger partial charge in [0, 0.05) is 31.2 Å². The third-order valence-electron chi connectivity index (χ3n) is 4.42. The summed E-state index contributed by atoms with van der Waals surface area (Å²) in [6.45, 7) is 2.46. The Hall–Kier alpha value is -1.68. The van der Waals surface area contributed by atoms with Crippen LogP contribution in [0.1, 0.15) is 35.7 Å². The molecule has 1 heterocycles. The van der Waals surface area contributed by atoms with Gasteiger partial charge in [-0.1, -0.05) is 6.92 Å². The Kier molecular flexibility index (Phi) is 5.96. The van der Waals surface area contributed by atoms with Gasteiger partial charge in [0.2, 0.25) is 10.0 Å². The Labute approximate surface area is 149 Å². The van der Waals surface area contributed by atoms with E-state index in [0.29, 0.717) is 31.5 Å². The first-order valence-corrected chi connectivity index (χ1v) is 9.92. The molecule has 0 atom stereocenters. The summed E-state index contributed by atoms with van der Waals surface area (Å²) in [4.78, 5) is 13.8. The van der Waals surface area contributed by atoms with Gasteiger partial charge in [-0.25, -0.2) is 12.8 Å². The molecular formula is C16H20F4N2O3S. The van der Waals surface area contributed by atoms with Crippen molar-refractivity contribution in [1.82, 2.24) is 9.21 Å². The van der Waals surface area contributed by atoms with E-state index in [9.17, 15) is 30.8 Å². The number of sulfonamides is 1. The number of hydrogen-bond donors (Lipinski definition) is 0. The van der Waals surface area contributed by atoms with E-state index in [-0.39, 0.29) is 24.7 Å². The summed E-state index contributed by atoms with van der Waals surface area (Å²) in [5, 5.41) is 0. The molecule has 1 amide bonds. The minimum Gasteiger partial charge on any atom is -0.339 e. The van der Waals surface area contributed by atoms with Gasteiger partial charge in [-0.05, 0) is 31.0 Å². The van der Waals surface area contributed by atoms with E-state index >= 15 is 0 Å². The second-order valence-electron chi connectivity index (χ2n) is 6.18. The number of likely N-dealkylation sites (tertiary alicyclic amines) is 1. The number of benzene rings is 1. The van der Waals surface area contributed by atoms with Crippen LogP contribution in [0.4, 0.5) is 17.6 Å². The summed E-state index contributed by atoms with van der Waals surface area (Å²) in [7, 11) is -3.37. The number of piperidine rings is 1. The van der Waals surface area contributed by atoms with Crippen LogP contribution in [-0.2, 0) is 16.2 Å². The fourth-order valence-corrected chi connectivity index (χ4v) is 4.40. The first-order valence-electron chi connectivity index (χ1n) is 8.08. The van der Waals surface area contributed by atoms with E-state index in [4.69, 9.17) is 0 Å². The van der Waals surface area contributed by atoms with Crippen molar-refractivity contribution < 1.29 is 30.8 Å². The maximum Gasteiger partial charge on any atom is 0.419 e. The Morgan fingerprint density at radius 3 is 2.31 bits per heavy atom. The Bertz CT molecular complexity index is 772. The van der Waals surface area contributed by atoms with Crippen molar-refractivity contribution in [2.75, 3.05) is 25.9 Å². The van der Waals surface area contributed by atoms with Crippen molar-refractivity contribution in [3.05, 3.63) is 35.1 Å². The highest BCUT2D eigenvalue weighted by molar-refractivity contribution is 7.88. The van der Waals surface area contributed by atoms with Gasteiger partial charge in [-0.2, -0.15) is 17.5 Å². The van der Waals surface area contributed by atoms with Gasteiger partial charge in [0.05, 0.1) is 11.8 Å². The normalized spacial score (nSPS) is 17.0. The molecule has 1 saturated heterocycles. The molecule has 0 spiro atoms. The number of amides is 1. The lowest BCUT2D eigenvalue weighted by atomic mass is 10.0. The van der Waals surface area contributed by atoms with Crippen LogP contribution >= 0.6 is 0 Å². The Morgan fingerprint density at radius 1 is 1.27 bits per heavy atom. The molecule has 0 aliphatic carbocycles. The summed E-state index contributed by atoms with van der Waals surface area (Å²) < 4.78 is 76.6. The molecule has 1 aliphatic rings. The molecule has 1 aromatic carbocycles. The van der Waals surface area contributed by atoms with Crippen molar-refractivity contribution in [3.8, 4) is 0 Å². The third-order valence-corrected chi connectivity index (χ3v) is 5.82. The van der Waals surface area contributed by atoms with Crippen molar-refractivity contribution in [2.45, 2.75) is 32.0 Å². The van der Waals surface area contributed by atoms with Crippen LogP contribution in [0.25, 0.3) is 0 Å². The van der Waals surface area contributed by atoms with Gasteiger partial charge in [0.1, 0.15) is 5.82 Å². The number of carbonyl (C=O) groups excluding carboxylic acids is 1. The van der Waals surface area contributed by atoms with Crippen LogP contribution in [-0.4, -0.2) is 55.5 Å². The van der Waals surface area contributed by atoms with Gasteiger partial charge in [0.25, 0.3) is 5.91 Å². The first-order chi connectivity index (χ1) is 11.9. The second-order valence-corrected chi connectivity index (χ2v) is 8.12. The van der Waals surface area contributed by atoms with E-state index in [1.807, 2.05) is 0 Å². The molecule has 10 heteroatoms. The molecule has 2 rings (SSSR count). The highest BCUT2D eigenvalue weighted by Crippen LogP contribution is 2.32. The lowest BCUT2D eigenvalue weighted by molar-refractivity contribution is -0.140. The van der Waals surface area contributed by atoms with E-state index in [1.54, 1.807) is 6.92 Å². The average molecular weight is 396 g/mol. The van der Waals surface area contributed by atoms with E-state index in [2.05, 4.69) is 0 Å². The molecule has 1 aliphatic heterocycles. The van der Waals surface area contributed by atoms with Crippen molar-refractivity contribution in [3.63, 3.8) is 0 Å². The zero-order valence-corrected chi connectivity index (χ0v) is 15.2. The molecule has 0 aromatic heterocycles. The molecule has 0 radical (unpaired) electrons. The summed E-state index contributed by atoms with van der Waals surface area (Å²) in [6.07, 6.45) is -2.99. The maximum atomic E-state index is 13.4. The maximum absolute atomic E-state index is 13.4. The molecule has 0 bridgehead atoms. The summed E-state index contributed by atoms with van der Waals surface area (Å²) in [6, 6.07) is 1.91. The molecule has 1 fully saturated rings. The average Bonchev–Trinajstić information content (AvgIpc) is 2.53. The van der Waals surface area contributed by atoms with E-state index in [1.165, 1.54) is 9.21 Å². The zero-order chi connectivity index (χ0) is 19.7. The smallest absolute Gasteiger partial charge is 0.339 e. The number of halogens is 4. The lowest BCUT2D eigenvalue weighted by Gasteiger charge is -2.37. The summed E-state index contributed by atoms with van der Waals surface area (Å²) in [5.74, 6) is -2.06. The lowest BCUT2D eigenvalue weighted by Crippen LogP contribution is -2.48. The molecular weight excluding hydrogens is 376 g/mol. The third kappa shape index (κ3) is 4.53. The quantitative estimate of drug-likeness (QED) is 0.736. The molecule has 146 valence electrons. The van der Waals surface area contributed by atoms with E-state index < -0.39 is 33.5 Å². The fourth-order valence-electron chi connectivity index (χ4n) is 3.18. The number of alkyl halides is 3. The van der Waals surface area contributed by atoms with Crippen LogP contribution in [0.5, 0.6) is 0 Å². The highest BCUT2D eigenvalue weighted by Gasteiger charge is 2.36. The van der Waals surface area contributed by atoms with E-state index in [0.717, 1.165) is 12.3 Å². The summed E-state index contributed by atoms with van der Waals surface area (Å²) in [5.41, 5.74) is -1.72. The molecule has 1 aromatic rings. The van der Waals surface area contributed by atoms with Crippen LogP contribution in [0.15, 0.2) is 18.2 Å². The Balaban J connectivity index is 2.12. The van der Waals surface area contributed by atoms with Crippen molar-refractivity contribution >= 4 is 15.9 Å². The zero-order valence-electron chi connectivity index (χ0n) is 14.4. The van der Waals surface area contributed by atoms with Gasteiger partial charge in [-0.3, -0.25) is 4.79 Å². The van der Waals surface area contributed by atoms with Crippen LogP contribution < -0.4 is 0 Å². The molecule has 26 heavy (non-hydrogen) atoms. The number of carbonyl (C=O) groups is 1. The number of nitrogens with zero attached hydrogens (tertiary/aromatic N) is 2. The summed E-state index contributed by atoms with van der Waals surface area (Å²) >= 11 is 0. The first kappa shape index (κ1) is 20.6.